The third kappa shape index (κ3) is 4.40. The normalized spacial score (nSPS) is 11.2. The van der Waals surface area contributed by atoms with E-state index in [0.29, 0.717) is 5.92 Å². The number of furan rings is 1. The second-order valence-electron chi connectivity index (χ2n) is 5.22. The zero-order chi connectivity index (χ0) is 14.5. The number of hydrogen-bond donors (Lipinski definition) is 1. The van der Waals surface area contributed by atoms with Gasteiger partial charge in [-0.3, -0.25) is 0 Å². The Morgan fingerprint density at radius 2 is 2.05 bits per heavy atom. The molecule has 1 N–H and O–H groups in total. The Morgan fingerprint density at radius 3 is 2.70 bits per heavy atom. The highest BCUT2D eigenvalue weighted by Gasteiger charge is 2.09. The minimum atomic E-state index is 0.665. The van der Waals surface area contributed by atoms with E-state index >= 15 is 0 Å². The standard InChI is InChI=1S/C16H20BrNOS/c1-11(2)9-18-10-13-4-5-14(17)8-16(13)20-15-6-7-19-12(15)3/h4-8,11,18H,9-10H2,1-3H3. The van der Waals surface area contributed by atoms with Crippen molar-refractivity contribution in [1.82, 2.24) is 5.32 Å². The summed E-state index contributed by atoms with van der Waals surface area (Å²) in [5.74, 6) is 1.63. The van der Waals surface area contributed by atoms with Crippen molar-refractivity contribution in [3.63, 3.8) is 0 Å². The Kier molecular flexibility index (Phi) is 5.75. The van der Waals surface area contributed by atoms with Crippen molar-refractivity contribution in [3.05, 3.63) is 46.3 Å². The summed E-state index contributed by atoms with van der Waals surface area (Å²) in [6.45, 7) is 8.37. The van der Waals surface area contributed by atoms with Gasteiger partial charge in [-0.1, -0.05) is 47.6 Å². The summed E-state index contributed by atoms with van der Waals surface area (Å²) < 4.78 is 6.48. The van der Waals surface area contributed by atoms with Crippen LogP contribution in [0, 0.1) is 12.8 Å². The maximum Gasteiger partial charge on any atom is 0.114 e. The van der Waals surface area contributed by atoms with Gasteiger partial charge in [-0.2, -0.15) is 0 Å². The molecule has 0 bridgehead atoms. The van der Waals surface area contributed by atoms with Gasteiger partial charge in [0.2, 0.25) is 0 Å². The van der Waals surface area contributed by atoms with Crippen LogP contribution in [0.1, 0.15) is 25.2 Å². The first-order chi connectivity index (χ1) is 9.56. The summed E-state index contributed by atoms with van der Waals surface area (Å²) in [5, 5.41) is 3.50. The molecule has 20 heavy (non-hydrogen) atoms. The molecule has 4 heteroatoms. The summed E-state index contributed by atoms with van der Waals surface area (Å²) in [4.78, 5) is 2.44. The molecule has 0 radical (unpaired) electrons. The molecule has 108 valence electrons. The molecule has 1 heterocycles. The van der Waals surface area contributed by atoms with E-state index in [1.165, 1.54) is 15.4 Å². The van der Waals surface area contributed by atoms with Gasteiger partial charge < -0.3 is 9.73 Å². The Balaban J connectivity index is 2.13. The highest BCUT2D eigenvalue weighted by molar-refractivity contribution is 9.10. The molecule has 2 nitrogen and oxygen atoms in total. The first-order valence-corrected chi connectivity index (χ1v) is 8.38. The third-order valence-corrected chi connectivity index (χ3v) is 4.67. The molecule has 0 aliphatic heterocycles. The Bertz CT molecular complexity index is 565. The molecule has 0 aliphatic rings. The van der Waals surface area contributed by atoms with Crippen molar-refractivity contribution in [2.45, 2.75) is 37.1 Å². The van der Waals surface area contributed by atoms with Crippen LogP contribution in [0.5, 0.6) is 0 Å². The lowest BCUT2D eigenvalue weighted by Crippen LogP contribution is -2.19. The minimum absolute atomic E-state index is 0.665. The van der Waals surface area contributed by atoms with E-state index in [1.807, 2.05) is 13.0 Å². The van der Waals surface area contributed by atoms with Gasteiger partial charge in [0.05, 0.1) is 11.2 Å². The first kappa shape index (κ1) is 15.7. The summed E-state index contributed by atoms with van der Waals surface area (Å²) in [6.07, 6.45) is 1.74. The summed E-state index contributed by atoms with van der Waals surface area (Å²) >= 11 is 5.31. The second-order valence-corrected chi connectivity index (χ2v) is 7.22. The molecular weight excluding hydrogens is 334 g/mol. The highest BCUT2D eigenvalue weighted by atomic mass is 79.9. The van der Waals surface area contributed by atoms with E-state index in [-0.39, 0.29) is 0 Å². The fourth-order valence-corrected chi connectivity index (χ4v) is 3.38. The number of rotatable bonds is 6. The van der Waals surface area contributed by atoms with Crippen molar-refractivity contribution >= 4 is 27.7 Å². The van der Waals surface area contributed by atoms with Crippen LogP contribution in [0.25, 0.3) is 0 Å². The minimum Gasteiger partial charge on any atom is -0.468 e. The molecule has 2 rings (SSSR count). The number of aryl methyl sites for hydroxylation is 1. The van der Waals surface area contributed by atoms with Gasteiger partial charge >= 0.3 is 0 Å². The van der Waals surface area contributed by atoms with Crippen LogP contribution in [-0.4, -0.2) is 6.54 Å². The van der Waals surface area contributed by atoms with Crippen LogP contribution in [0.15, 0.2) is 49.2 Å². The van der Waals surface area contributed by atoms with Crippen LogP contribution in [0.3, 0.4) is 0 Å². The maximum atomic E-state index is 5.37. The molecule has 0 saturated carbocycles. The number of halogens is 1. The molecule has 0 spiro atoms. The van der Waals surface area contributed by atoms with Crippen molar-refractivity contribution in [1.29, 1.82) is 0 Å². The van der Waals surface area contributed by atoms with Gasteiger partial charge in [0.15, 0.2) is 0 Å². The second kappa shape index (κ2) is 7.34. The molecular formula is C16H20BrNOS. The van der Waals surface area contributed by atoms with Crippen LogP contribution in [-0.2, 0) is 6.54 Å². The number of hydrogen-bond acceptors (Lipinski definition) is 3. The van der Waals surface area contributed by atoms with E-state index in [1.54, 1.807) is 18.0 Å². The SMILES string of the molecule is Cc1occc1Sc1cc(Br)ccc1CNCC(C)C. The summed E-state index contributed by atoms with van der Waals surface area (Å²) in [5.41, 5.74) is 1.32. The van der Waals surface area contributed by atoms with Gasteiger partial charge in [0, 0.05) is 15.9 Å². The molecule has 0 fully saturated rings. The molecule has 1 aromatic heterocycles. The van der Waals surface area contributed by atoms with Gasteiger partial charge in [-0.25, -0.2) is 0 Å². The fourth-order valence-electron chi connectivity index (χ4n) is 1.86. The van der Waals surface area contributed by atoms with Gasteiger partial charge in [0.25, 0.3) is 0 Å². The molecule has 0 atom stereocenters. The fraction of sp³-hybridized carbons (Fsp3) is 0.375. The van der Waals surface area contributed by atoms with Crippen molar-refractivity contribution in [2.24, 2.45) is 5.92 Å². The van der Waals surface area contributed by atoms with E-state index in [2.05, 4.69) is 53.3 Å². The lowest BCUT2D eigenvalue weighted by Gasteiger charge is -2.12. The molecule has 0 saturated heterocycles. The monoisotopic (exact) mass is 353 g/mol. The quantitative estimate of drug-likeness (QED) is 0.767. The third-order valence-electron chi connectivity index (χ3n) is 2.93. The van der Waals surface area contributed by atoms with E-state index in [4.69, 9.17) is 4.42 Å². The summed E-state index contributed by atoms with van der Waals surface area (Å²) in [7, 11) is 0. The molecule has 0 unspecified atom stereocenters. The first-order valence-electron chi connectivity index (χ1n) is 6.77. The Morgan fingerprint density at radius 1 is 1.25 bits per heavy atom. The van der Waals surface area contributed by atoms with Crippen LogP contribution >= 0.6 is 27.7 Å². The van der Waals surface area contributed by atoms with E-state index in [9.17, 15) is 0 Å². The maximum absolute atomic E-state index is 5.37. The Hall–Kier alpha value is -0.710. The zero-order valence-corrected chi connectivity index (χ0v) is 14.5. The number of benzene rings is 1. The average molecular weight is 354 g/mol. The van der Waals surface area contributed by atoms with E-state index < -0.39 is 0 Å². The molecule has 0 aliphatic carbocycles. The topological polar surface area (TPSA) is 25.2 Å². The molecule has 0 amide bonds. The lowest BCUT2D eigenvalue weighted by atomic mass is 10.2. The number of nitrogens with one attached hydrogen (secondary N) is 1. The van der Waals surface area contributed by atoms with Crippen molar-refractivity contribution < 1.29 is 4.42 Å². The predicted molar refractivity (Wildman–Crippen MR) is 88.3 cm³/mol. The van der Waals surface area contributed by atoms with Crippen LogP contribution in [0.4, 0.5) is 0 Å². The lowest BCUT2D eigenvalue weighted by molar-refractivity contribution is 0.527. The van der Waals surface area contributed by atoms with Crippen LogP contribution < -0.4 is 5.32 Å². The average Bonchev–Trinajstić information content (AvgIpc) is 2.77. The predicted octanol–water partition coefficient (Wildman–Crippen LogP) is 5.25. The van der Waals surface area contributed by atoms with Gasteiger partial charge in [-0.15, -0.1) is 0 Å². The van der Waals surface area contributed by atoms with Gasteiger partial charge in [0.1, 0.15) is 5.76 Å². The van der Waals surface area contributed by atoms with Crippen molar-refractivity contribution in [2.75, 3.05) is 6.54 Å². The molecule has 1 aromatic carbocycles. The zero-order valence-electron chi connectivity index (χ0n) is 12.1. The summed E-state index contributed by atoms with van der Waals surface area (Å²) in [6, 6.07) is 8.46. The van der Waals surface area contributed by atoms with Crippen LogP contribution in [0.2, 0.25) is 0 Å². The molecule has 2 aromatic rings. The van der Waals surface area contributed by atoms with E-state index in [0.717, 1.165) is 23.3 Å². The highest BCUT2D eigenvalue weighted by Crippen LogP contribution is 2.34. The largest absolute Gasteiger partial charge is 0.468 e. The van der Waals surface area contributed by atoms with Crippen molar-refractivity contribution in [3.8, 4) is 0 Å². The van der Waals surface area contributed by atoms with Gasteiger partial charge in [-0.05, 0) is 43.1 Å². The Labute approximate surface area is 133 Å². The smallest absolute Gasteiger partial charge is 0.114 e.